The number of hydrogen-bond acceptors (Lipinski definition) is 2. The summed E-state index contributed by atoms with van der Waals surface area (Å²) in [7, 11) is 0. The monoisotopic (exact) mass is 212 g/mol. The second-order valence-corrected chi connectivity index (χ2v) is 2.93. The van der Waals surface area contributed by atoms with Gasteiger partial charge in [-0.25, -0.2) is 8.78 Å². The van der Waals surface area contributed by atoms with Crippen molar-refractivity contribution in [3.8, 4) is 0 Å². The SMILES string of the molecule is C=CC(OC(C)=O)c1ccc(F)cc1F. The molecule has 80 valence electrons. The first kappa shape index (κ1) is 11.4. The van der Waals surface area contributed by atoms with E-state index in [1.165, 1.54) is 19.1 Å². The largest absolute Gasteiger partial charge is 0.453 e. The fourth-order valence-corrected chi connectivity index (χ4v) is 1.15. The Hall–Kier alpha value is -1.71. The zero-order valence-electron chi connectivity index (χ0n) is 8.17. The summed E-state index contributed by atoms with van der Waals surface area (Å²) in [5, 5.41) is 0. The van der Waals surface area contributed by atoms with Gasteiger partial charge in [0.05, 0.1) is 0 Å². The molecule has 2 nitrogen and oxygen atoms in total. The second kappa shape index (κ2) is 4.68. The van der Waals surface area contributed by atoms with Gasteiger partial charge in [0.2, 0.25) is 0 Å². The molecule has 0 aromatic heterocycles. The lowest BCUT2D eigenvalue weighted by molar-refractivity contribution is -0.144. The summed E-state index contributed by atoms with van der Waals surface area (Å²) in [6.07, 6.45) is 0.389. The molecule has 0 aliphatic carbocycles. The van der Waals surface area contributed by atoms with Crippen LogP contribution in [0.25, 0.3) is 0 Å². The van der Waals surface area contributed by atoms with Gasteiger partial charge in [0.1, 0.15) is 17.7 Å². The van der Waals surface area contributed by atoms with Crippen LogP contribution in [0.3, 0.4) is 0 Å². The standard InChI is InChI=1S/C11H10F2O2/c1-3-11(15-7(2)14)9-5-4-8(12)6-10(9)13/h3-6,11H,1H2,2H3. The van der Waals surface area contributed by atoms with Crippen LogP contribution in [0.1, 0.15) is 18.6 Å². The van der Waals surface area contributed by atoms with Gasteiger partial charge in [0.25, 0.3) is 0 Å². The maximum absolute atomic E-state index is 13.3. The van der Waals surface area contributed by atoms with Crippen molar-refractivity contribution in [3.05, 3.63) is 48.1 Å². The Morgan fingerprint density at radius 3 is 2.67 bits per heavy atom. The molecule has 0 N–H and O–H groups in total. The van der Waals surface area contributed by atoms with Gasteiger partial charge < -0.3 is 4.74 Å². The minimum Gasteiger partial charge on any atom is -0.453 e. The van der Waals surface area contributed by atoms with Crippen LogP contribution in [0.2, 0.25) is 0 Å². The smallest absolute Gasteiger partial charge is 0.303 e. The molecule has 1 unspecified atom stereocenters. The number of esters is 1. The molecule has 15 heavy (non-hydrogen) atoms. The van der Waals surface area contributed by atoms with E-state index < -0.39 is 23.7 Å². The molecule has 0 amide bonds. The van der Waals surface area contributed by atoms with Crippen LogP contribution in [0, 0.1) is 11.6 Å². The van der Waals surface area contributed by atoms with Crippen LogP contribution >= 0.6 is 0 Å². The Morgan fingerprint density at radius 1 is 1.53 bits per heavy atom. The summed E-state index contributed by atoms with van der Waals surface area (Å²) < 4.78 is 30.6. The predicted molar refractivity (Wildman–Crippen MR) is 51.1 cm³/mol. The third-order valence-electron chi connectivity index (χ3n) is 1.78. The number of carbonyl (C=O) groups is 1. The summed E-state index contributed by atoms with van der Waals surface area (Å²) >= 11 is 0. The van der Waals surface area contributed by atoms with Crippen molar-refractivity contribution in [2.45, 2.75) is 13.0 Å². The number of rotatable bonds is 3. The molecule has 0 aliphatic rings. The third kappa shape index (κ3) is 2.87. The Bertz CT molecular complexity index is 388. The number of benzene rings is 1. The van der Waals surface area contributed by atoms with Crippen LogP contribution in [-0.4, -0.2) is 5.97 Å². The molecule has 0 spiro atoms. The van der Waals surface area contributed by atoms with Gasteiger partial charge in [-0.05, 0) is 18.2 Å². The molecule has 1 aromatic carbocycles. The lowest BCUT2D eigenvalue weighted by atomic mass is 10.1. The normalized spacial score (nSPS) is 11.9. The number of hydrogen-bond donors (Lipinski definition) is 0. The highest BCUT2D eigenvalue weighted by molar-refractivity contribution is 5.66. The van der Waals surface area contributed by atoms with Crippen LogP contribution in [-0.2, 0) is 9.53 Å². The lowest BCUT2D eigenvalue weighted by Crippen LogP contribution is -2.07. The average molecular weight is 212 g/mol. The van der Waals surface area contributed by atoms with Crippen molar-refractivity contribution >= 4 is 5.97 Å². The molecule has 1 aromatic rings. The van der Waals surface area contributed by atoms with Crippen LogP contribution < -0.4 is 0 Å². The summed E-state index contributed by atoms with van der Waals surface area (Å²) in [6, 6.07) is 3.05. The molecule has 1 rings (SSSR count). The zero-order valence-corrected chi connectivity index (χ0v) is 8.17. The van der Waals surface area contributed by atoms with E-state index in [-0.39, 0.29) is 5.56 Å². The van der Waals surface area contributed by atoms with Gasteiger partial charge in [-0.3, -0.25) is 4.79 Å². The van der Waals surface area contributed by atoms with E-state index in [9.17, 15) is 13.6 Å². The Labute approximate surface area is 86.2 Å². The van der Waals surface area contributed by atoms with E-state index >= 15 is 0 Å². The number of halogens is 2. The third-order valence-corrected chi connectivity index (χ3v) is 1.78. The van der Waals surface area contributed by atoms with E-state index in [2.05, 4.69) is 6.58 Å². The molecule has 0 heterocycles. The first-order chi connectivity index (χ1) is 7.04. The molecule has 0 saturated carbocycles. The highest BCUT2D eigenvalue weighted by atomic mass is 19.1. The van der Waals surface area contributed by atoms with Gasteiger partial charge in [0, 0.05) is 18.6 Å². The van der Waals surface area contributed by atoms with Gasteiger partial charge >= 0.3 is 5.97 Å². The summed E-state index contributed by atoms with van der Waals surface area (Å²) in [5.41, 5.74) is 0.0848. The number of ether oxygens (including phenoxy) is 1. The molecule has 0 aliphatic heterocycles. The van der Waals surface area contributed by atoms with E-state index in [4.69, 9.17) is 4.74 Å². The minimum atomic E-state index is -0.886. The lowest BCUT2D eigenvalue weighted by Gasteiger charge is -2.13. The number of carbonyl (C=O) groups excluding carboxylic acids is 1. The van der Waals surface area contributed by atoms with Gasteiger partial charge in [-0.1, -0.05) is 6.58 Å². The molecular formula is C11H10F2O2. The van der Waals surface area contributed by atoms with Crippen LogP contribution in [0.4, 0.5) is 8.78 Å². The van der Waals surface area contributed by atoms with Gasteiger partial charge in [0.15, 0.2) is 0 Å². The van der Waals surface area contributed by atoms with E-state index in [0.29, 0.717) is 0 Å². The van der Waals surface area contributed by atoms with E-state index in [1.807, 2.05) is 0 Å². The van der Waals surface area contributed by atoms with Gasteiger partial charge in [-0.15, -0.1) is 0 Å². The highest BCUT2D eigenvalue weighted by Crippen LogP contribution is 2.22. The second-order valence-electron chi connectivity index (χ2n) is 2.93. The Kier molecular flexibility index (Phi) is 3.55. The summed E-state index contributed by atoms with van der Waals surface area (Å²) in [4.78, 5) is 10.7. The van der Waals surface area contributed by atoms with Crippen molar-refractivity contribution in [2.24, 2.45) is 0 Å². The average Bonchev–Trinajstić information content (AvgIpc) is 2.14. The topological polar surface area (TPSA) is 26.3 Å². The maximum atomic E-state index is 13.3. The predicted octanol–water partition coefficient (Wildman–Crippen LogP) is 2.76. The van der Waals surface area contributed by atoms with Crippen molar-refractivity contribution in [1.82, 2.24) is 0 Å². The molecule has 0 fully saturated rings. The Balaban J connectivity index is 3.01. The first-order valence-electron chi connectivity index (χ1n) is 4.29. The van der Waals surface area contributed by atoms with E-state index in [0.717, 1.165) is 12.1 Å². The molecule has 0 saturated heterocycles. The maximum Gasteiger partial charge on any atom is 0.303 e. The molecule has 0 bridgehead atoms. The molecular weight excluding hydrogens is 202 g/mol. The van der Waals surface area contributed by atoms with Gasteiger partial charge in [-0.2, -0.15) is 0 Å². The molecule has 1 atom stereocenters. The molecule has 0 radical (unpaired) electrons. The molecule has 4 heteroatoms. The fourth-order valence-electron chi connectivity index (χ4n) is 1.15. The van der Waals surface area contributed by atoms with Crippen LogP contribution in [0.5, 0.6) is 0 Å². The quantitative estimate of drug-likeness (QED) is 0.568. The van der Waals surface area contributed by atoms with Crippen molar-refractivity contribution < 1.29 is 18.3 Å². The Morgan fingerprint density at radius 2 is 2.20 bits per heavy atom. The highest BCUT2D eigenvalue weighted by Gasteiger charge is 2.15. The summed E-state index contributed by atoms with van der Waals surface area (Å²) in [6.45, 7) is 4.62. The fraction of sp³-hybridized carbons (Fsp3) is 0.182. The summed E-state index contributed by atoms with van der Waals surface area (Å²) in [5.74, 6) is -1.99. The van der Waals surface area contributed by atoms with Crippen molar-refractivity contribution in [1.29, 1.82) is 0 Å². The van der Waals surface area contributed by atoms with Crippen molar-refractivity contribution in [3.63, 3.8) is 0 Å². The zero-order chi connectivity index (χ0) is 11.4. The van der Waals surface area contributed by atoms with Crippen LogP contribution in [0.15, 0.2) is 30.9 Å². The van der Waals surface area contributed by atoms with E-state index in [1.54, 1.807) is 0 Å². The van der Waals surface area contributed by atoms with Crippen molar-refractivity contribution in [2.75, 3.05) is 0 Å². The minimum absolute atomic E-state index is 0.0848. The first-order valence-corrected chi connectivity index (χ1v) is 4.29.